The molecule has 3 rings (SSSR count). The minimum Gasteiger partial charge on any atom is -0.443 e. The van der Waals surface area contributed by atoms with Gasteiger partial charge in [0.1, 0.15) is 11.5 Å². The molecule has 1 aromatic heterocycles. The first-order valence-electron chi connectivity index (χ1n) is 9.21. The average molecular weight is 407 g/mol. The van der Waals surface area contributed by atoms with Gasteiger partial charge in [0.2, 0.25) is 5.91 Å². The molecule has 5 nitrogen and oxygen atoms in total. The van der Waals surface area contributed by atoms with Gasteiger partial charge in [0, 0.05) is 24.9 Å². The Balaban J connectivity index is 1.70. The fourth-order valence-electron chi connectivity index (χ4n) is 3.04. The van der Waals surface area contributed by atoms with E-state index in [4.69, 9.17) is 20.9 Å². The fraction of sp³-hybridized carbons (Fsp3) is 0.429. The number of hydrogen-bond acceptors (Lipinski definition) is 4. The van der Waals surface area contributed by atoms with Crippen LogP contribution in [0.5, 0.6) is 0 Å². The van der Waals surface area contributed by atoms with Gasteiger partial charge >= 0.3 is 0 Å². The number of oxime groups is 1. The van der Waals surface area contributed by atoms with Crippen molar-refractivity contribution in [2.75, 3.05) is 6.54 Å². The quantitative estimate of drug-likeness (QED) is 0.676. The highest BCUT2D eigenvalue weighted by Gasteiger charge is 2.30. The van der Waals surface area contributed by atoms with E-state index in [2.05, 4.69) is 5.16 Å². The second kappa shape index (κ2) is 8.35. The maximum Gasteiger partial charge on any atom is 0.223 e. The smallest absolute Gasteiger partial charge is 0.223 e. The molecule has 1 aliphatic rings. The van der Waals surface area contributed by atoms with Crippen LogP contribution in [0.15, 0.2) is 46.0 Å². The average Bonchev–Trinajstić information content (AvgIpc) is 3.23. The summed E-state index contributed by atoms with van der Waals surface area (Å²) in [5.74, 6) is 0.175. The minimum absolute atomic E-state index is 0.0474. The minimum atomic E-state index is -0.328. The lowest BCUT2D eigenvalue weighted by atomic mass is 9.91. The van der Waals surface area contributed by atoms with Gasteiger partial charge in [-0.3, -0.25) is 4.79 Å². The van der Waals surface area contributed by atoms with E-state index in [9.17, 15) is 9.18 Å². The predicted octanol–water partition coefficient (Wildman–Crippen LogP) is 5.03. The van der Waals surface area contributed by atoms with Gasteiger partial charge in [0.05, 0.1) is 6.54 Å². The van der Waals surface area contributed by atoms with E-state index in [0.29, 0.717) is 36.4 Å². The molecular formula is C21H24ClFN2O3. The Morgan fingerprint density at radius 2 is 2.04 bits per heavy atom. The third kappa shape index (κ3) is 5.35. The normalized spacial score (nSPS) is 16.6. The van der Waals surface area contributed by atoms with Crippen molar-refractivity contribution >= 4 is 23.2 Å². The van der Waals surface area contributed by atoms with Gasteiger partial charge in [0.15, 0.2) is 17.1 Å². The molecule has 1 aromatic carbocycles. The molecule has 0 aliphatic carbocycles. The number of nitrogens with zero attached hydrogens (tertiary/aromatic N) is 2. The van der Waals surface area contributed by atoms with Crippen molar-refractivity contribution in [2.24, 2.45) is 10.6 Å². The van der Waals surface area contributed by atoms with Gasteiger partial charge < -0.3 is 14.2 Å². The second-order valence-electron chi connectivity index (χ2n) is 8.18. The van der Waals surface area contributed by atoms with Gasteiger partial charge in [-0.2, -0.15) is 0 Å². The third-order valence-electron chi connectivity index (χ3n) is 4.37. The molecule has 0 saturated heterocycles. The van der Waals surface area contributed by atoms with Crippen LogP contribution >= 0.6 is 11.6 Å². The highest BCUT2D eigenvalue weighted by molar-refractivity contribution is 6.29. The molecule has 0 bridgehead atoms. The Morgan fingerprint density at radius 3 is 2.68 bits per heavy atom. The standard InChI is InChI=1S/C21H24ClFN2O3/c1-21(2,3)11-20(26)25(12-14-6-4-5-7-16(14)23)13-15-10-17(24-28-15)18-8-9-19(22)27-18/h4-9,15H,10-13H2,1-3H3/t15-/m1/s1. The summed E-state index contributed by atoms with van der Waals surface area (Å²) in [6.45, 7) is 6.49. The predicted molar refractivity (Wildman–Crippen MR) is 106 cm³/mol. The summed E-state index contributed by atoms with van der Waals surface area (Å²) in [6, 6.07) is 9.86. The zero-order chi connectivity index (χ0) is 20.3. The number of hydrogen-bond donors (Lipinski definition) is 0. The maximum atomic E-state index is 14.1. The number of rotatable bonds is 6. The summed E-state index contributed by atoms with van der Waals surface area (Å²) >= 11 is 5.82. The first kappa shape index (κ1) is 20.4. The van der Waals surface area contributed by atoms with E-state index >= 15 is 0 Å². The van der Waals surface area contributed by atoms with Crippen molar-refractivity contribution in [1.29, 1.82) is 0 Å². The molecule has 7 heteroatoms. The Kier molecular flexibility index (Phi) is 6.08. The molecule has 1 amide bonds. The zero-order valence-corrected chi connectivity index (χ0v) is 17.0. The molecule has 150 valence electrons. The van der Waals surface area contributed by atoms with E-state index < -0.39 is 0 Å². The Morgan fingerprint density at radius 1 is 1.29 bits per heavy atom. The van der Waals surface area contributed by atoms with Crippen LogP contribution in [0.2, 0.25) is 5.22 Å². The molecule has 28 heavy (non-hydrogen) atoms. The van der Waals surface area contributed by atoms with Crippen LogP contribution in [0.3, 0.4) is 0 Å². The lowest BCUT2D eigenvalue weighted by Crippen LogP contribution is -2.39. The van der Waals surface area contributed by atoms with Crippen LogP contribution < -0.4 is 0 Å². The molecule has 0 N–H and O–H groups in total. The molecule has 1 atom stereocenters. The lowest BCUT2D eigenvalue weighted by Gasteiger charge is -2.28. The number of furan rings is 1. The number of amides is 1. The van der Waals surface area contributed by atoms with E-state index in [1.807, 2.05) is 20.8 Å². The van der Waals surface area contributed by atoms with E-state index in [1.165, 1.54) is 6.07 Å². The molecule has 0 spiro atoms. The second-order valence-corrected chi connectivity index (χ2v) is 8.55. The topological polar surface area (TPSA) is 55.0 Å². The van der Waals surface area contributed by atoms with Gasteiger partial charge in [-0.1, -0.05) is 44.1 Å². The molecule has 0 unspecified atom stereocenters. The van der Waals surface area contributed by atoms with Crippen molar-refractivity contribution in [3.63, 3.8) is 0 Å². The zero-order valence-electron chi connectivity index (χ0n) is 16.2. The summed E-state index contributed by atoms with van der Waals surface area (Å²) in [4.78, 5) is 20.0. The molecule has 0 saturated carbocycles. The summed E-state index contributed by atoms with van der Waals surface area (Å²) in [6.07, 6.45) is 0.519. The summed E-state index contributed by atoms with van der Waals surface area (Å²) in [5, 5.41) is 4.34. The first-order valence-corrected chi connectivity index (χ1v) is 9.58. The highest BCUT2D eigenvalue weighted by atomic mass is 35.5. The number of halogens is 2. The van der Waals surface area contributed by atoms with Crippen LogP contribution in [0.4, 0.5) is 4.39 Å². The van der Waals surface area contributed by atoms with Crippen molar-refractivity contribution in [3.05, 3.63) is 58.8 Å². The Hall–Kier alpha value is -2.34. The van der Waals surface area contributed by atoms with E-state index in [-0.39, 0.29) is 35.0 Å². The van der Waals surface area contributed by atoms with Crippen LogP contribution in [0, 0.1) is 11.2 Å². The monoisotopic (exact) mass is 406 g/mol. The molecule has 0 fully saturated rings. The Labute approximate surface area is 169 Å². The Bertz CT molecular complexity index is 873. The summed E-state index contributed by atoms with van der Waals surface area (Å²) < 4.78 is 19.5. The first-order chi connectivity index (χ1) is 13.2. The number of carbonyl (C=O) groups excluding carboxylic acids is 1. The molecule has 1 aliphatic heterocycles. The summed E-state index contributed by atoms with van der Waals surface area (Å²) in [7, 11) is 0. The van der Waals surface area contributed by atoms with Crippen LogP contribution in [-0.2, 0) is 16.2 Å². The van der Waals surface area contributed by atoms with Gasteiger partial charge in [-0.05, 0) is 35.2 Å². The SMILES string of the molecule is CC(C)(C)CC(=O)N(Cc1ccccc1F)C[C@H]1CC(c2ccc(Cl)o2)=NO1. The molecule has 2 aromatic rings. The van der Waals surface area contributed by atoms with Crippen molar-refractivity contribution in [3.8, 4) is 0 Å². The van der Waals surface area contributed by atoms with E-state index in [0.717, 1.165) is 0 Å². The summed E-state index contributed by atoms with van der Waals surface area (Å²) in [5.41, 5.74) is 0.945. The van der Waals surface area contributed by atoms with Gasteiger partial charge in [-0.25, -0.2) is 4.39 Å². The number of benzene rings is 1. The largest absolute Gasteiger partial charge is 0.443 e. The highest BCUT2D eigenvalue weighted by Crippen LogP contribution is 2.25. The van der Waals surface area contributed by atoms with Crippen LogP contribution in [0.25, 0.3) is 0 Å². The molecular weight excluding hydrogens is 383 g/mol. The lowest BCUT2D eigenvalue weighted by molar-refractivity contribution is -0.135. The van der Waals surface area contributed by atoms with Crippen LogP contribution in [0.1, 0.15) is 44.9 Å². The van der Waals surface area contributed by atoms with Crippen molar-refractivity contribution < 1.29 is 18.4 Å². The number of carbonyl (C=O) groups is 1. The molecule has 0 radical (unpaired) electrons. The third-order valence-corrected chi connectivity index (χ3v) is 4.57. The fourth-order valence-corrected chi connectivity index (χ4v) is 3.19. The van der Waals surface area contributed by atoms with Gasteiger partial charge in [0.25, 0.3) is 0 Å². The van der Waals surface area contributed by atoms with Crippen LogP contribution in [-0.4, -0.2) is 29.2 Å². The van der Waals surface area contributed by atoms with E-state index in [1.54, 1.807) is 35.2 Å². The maximum absolute atomic E-state index is 14.1. The van der Waals surface area contributed by atoms with Crippen molar-refractivity contribution in [2.45, 2.75) is 46.3 Å². The van der Waals surface area contributed by atoms with Crippen molar-refractivity contribution in [1.82, 2.24) is 4.90 Å². The molecule has 2 heterocycles. The van der Waals surface area contributed by atoms with Gasteiger partial charge in [-0.15, -0.1) is 0 Å².